The highest BCUT2D eigenvalue weighted by Crippen LogP contribution is 2.27. The number of benzene rings is 1. The van der Waals surface area contributed by atoms with E-state index >= 15 is 0 Å². The number of fused-ring (bicyclic) bond motifs is 1. The quantitative estimate of drug-likeness (QED) is 0.877. The molecule has 0 bridgehead atoms. The van der Waals surface area contributed by atoms with Crippen molar-refractivity contribution in [3.63, 3.8) is 0 Å². The lowest BCUT2D eigenvalue weighted by molar-refractivity contribution is -0.120. The van der Waals surface area contributed by atoms with Gasteiger partial charge in [-0.15, -0.1) is 0 Å². The van der Waals surface area contributed by atoms with Gasteiger partial charge in [-0.1, -0.05) is 19.9 Å². The third-order valence-corrected chi connectivity index (χ3v) is 3.30. The second-order valence-corrected chi connectivity index (χ2v) is 4.72. The lowest BCUT2D eigenvalue weighted by atomic mass is 10.1. The largest absolute Gasteiger partial charge is 0.329 e. The van der Waals surface area contributed by atoms with Gasteiger partial charge in [0, 0.05) is 26.8 Å². The third-order valence-electron chi connectivity index (χ3n) is 3.30. The Bertz CT molecular complexity index is 696. The number of hydrogen-bond acceptors (Lipinski definition) is 3. The molecule has 6 heteroatoms. The van der Waals surface area contributed by atoms with Gasteiger partial charge in [0.25, 0.3) is 0 Å². The minimum atomic E-state index is -0.406. The van der Waals surface area contributed by atoms with Crippen molar-refractivity contribution < 1.29 is 11.0 Å². The van der Waals surface area contributed by atoms with Crippen LogP contribution in [0.4, 0.5) is 10.6 Å². The minimum absolute atomic E-state index is 0. The zero-order valence-electron chi connectivity index (χ0n) is 12.8. The maximum atomic E-state index is 11.9. The van der Waals surface area contributed by atoms with E-state index in [0.717, 1.165) is 16.5 Å². The summed E-state index contributed by atoms with van der Waals surface area (Å²) in [7, 11) is 1.85. The first-order valence-corrected chi connectivity index (χ1v) is 7.11. The first-order valence-electron chi connectivity index (χ1n) is 7.11. The van der Waals surface area contributed by atoms with E-state index in [2.05, 4.69) is 10.4 Å². The van der Waals surface area contributed by atoms with E-state index in [1.54, 1.807) is 4.68 Å². The lowest BCUT2D eigenvalue weighted by Gasteiger charge is -2.24. The van der Waals surface area contributed by atoms with Crippen molar-refractivity contribution in [1.82, 2.24) is 15.1 Å². The van der Waals surface area contributed by atoms with Crippen LogP contribution in [0.15, 0.2) is 18.2 Å². The van der Waals surface area contributed by atoms with Crippen molar-refractivity contribution in [3.05, 3.63) is 23.8 Å². The second-order valence-electron chi connectivity index (χ2n) is 4.72. The van der Waals surface area contributed by atoms with E-state index in [-0.39, 0.29) is 7.33 Å². The molecule has 2 heterocycles. The fraction of sp³-hybridized carbons (Fsp3) is 0.400. The summed E-state index contributed by atoms with van der Waals surface area (Å²) in [4.78, 5) is 24.6. The molecule has 0 saturated carbocycles. The number of carbonyl (C=O) groups excluding carboxylic acids is 2. The normalized spacial score (nSPS) is 14.8. The number of urea groups is 1. The molecule has 1 aromatic heterocycles. The Morgan fingerprint density at radius 3 is 2.67 bits per heavy atom. The number of nitrogens with one attached hydrogen (secondary N) is 1. The molecular formula is C15H22N4O2. The third kappa shape index (κ3) is 2.74. The first-order chi connectivity index (χ1) is 10.1. The molecule has 0 aliphatic carbocycles. The average Bonchev–Trinajstić information content (AvgIpc) is 2.78. The van der Waals surface area contributed by atoms with Crippen molar-refractivity contribution >= 4 is 28.7 Å². The van der Waals surface area contributed by atoms with Crippen LogP contribution in [-0.4, -0.2) is 28.3 Å². The Hall–Kier alpha value is -2.37. The summed E-state index contributed by atoms with van der Waals surface area (Å²) in [5.74, 6) is 0.361. The van der Waals surface area contributed by atoms with Crippen LogP contribution in [0.3, 0.4) is 0 Å². The van der Waals surface area contributed by atoms with Crippen LogP contribution in [-0.2, 0) is 11.8 Å². The van der Waals surface area contributed by atoms with E-state index in [9.17, 15) is 9.59 Å². The van der Waals surface area contributed by atoms with Gasteiger partial charge >= 0.3 is 6.03 Å². The van der Waals surface area contributed by atoms with Gasteiger partial charge in [0.2, 0.25) is 5.91 Å². The molecule has 1 aliphatic heterocycles. The van der Waals surface area contributed by atoms with E-state index < -0.39 is 6.03 Å². The predicted octanol–water partition coefficient (Wildman–Crippen LogP) is 2.60. The van der Waals surface area contributed by atoms with E-state index in [1.165, 1.54) is 4.90 Å². The fourth-order valence-corrected chi connectivity index (χ4v) is 2.31. The summed E-state index contributed by atoms with van der Waals surface area (Å²) in [6, 6.07) is 5.56. The van der Waals surface area contributed by atoms with Crippen LogP contribution in [0.25, 0.3) is 10.9 Å². The predicted molar refractivity (Wildman–Crippen MR) is 84.4 cm³/mol. The molecule has 3 rings (SSSR count). The molecular weight excluding hydrogens is 268 g/mol. The van der Waals surface area contributed by atoms with Crippen LogP contribution in [0.5, 0.6) is 0 Å². The molecule has 0 unspecified atom stereocenters. The lowest BCUT2D eigenvalue weighted by Crippen LogP contribution is -2.49. The summed E-state index contributed by atoms with van der Waals surface area (Å²) in [6.45, 7) is 6.38. The molecule has 1 N–H and O–H groups in total. The molecule has 0 spiro atoms. The van der Waals surface area contributed by atoms with Gasteiger partial charge in [0.15, 0.2) is 5.82 Å². The Labute approximate surface area is 125 Å². The van der Waals surface area contributed by atoms with Crippen LogP contribution in [0, 0.1) is 6.92 Å². The molecule has 6 nitrogen and oxygen atoms in total. The molecule has 1 fully saturated rings. The second kappa shape index (κ2) is 5.95. The number of aromatic nitrogens is 2. The van der Waals surface area contributed by atoms with Crippen LogP contribution in [0.1, 0.15) is 27.3 Å². The Morgan fingerprint density at radius 2 is 2.00 bits per heavy atom. The van der Waals surface area contributed by atoms with Gasteiger partial charge in [-0.3, -0.25) is 19.7 Å². The number of nitrogens with zero attached hydrogens (tertiary/aromatic N) is 3. The summed E-state index contributed by atoms with van der Waals surface area (Å²) < 4.78 is 1.75. The van der Waals surface area contributed by atoms with Gasteiger partial charge in [0.05, 0.1) is 5.52 Å². The molecule has 3 amide bonds. The molecule has 1 saturated heterocycles. The minimum Gasteiger partial charge on any atom is -0.278 e. The van der Waals surface area contributed by atoms with E-state index in [0.29, 0.717) is 18.8 Å². The Balaban J connectivity index is 0.000000775. The smallest absolute Gasteiger partial charge is 0.278 e. The van der Waals surface area contributed by atoms with Crippen molar-refractivity contribution in [2.45, 2.75) is 27.2 Å². The van der Waals surface area contributed by atoms with Crippen LogP contribution < -0.4 is 10.2 Å². The van der Waals surface area contributed by atoms with Crippen molar-refractivity contribution in [1.29, 1.82) is 0 Å². The van der Waals surface area contributed by atoms with Crippen LogP contribution in [0.2, 0.25) is 0 Å². The van der Waals surface area contributed by atoms with Gasteiger partial charge in [-0.25, -0.2) is 4.79 Å². The fourth-order valence-electron chi connectivity index (χ4n) is 2.31. The zero-order valence-corrected chi connectivity index (χ0v) is 12.8. The van der Waals surface area contributed by atoms with Crippen LogP contribution >= 0.6 is 0 Å². The van der Waals surface area contributed by atoms with E-state index in [1.807, 2.05) is 46.0 Å². The number of amides is 3. The molecule has 0 radical (unpaired) electrons. The van der Waals surface area contributed by atoms with E-state index in [4.69, 9.17) is 0 Å². The van der Waals surface area contributed by atoms with Gasteiger partial charge < -0.3 is 0 Å². The number of aryl methyl sites for hydroxylation is 2. The number of carbonyl (C=O) groups is 2. The average molecular weight is 290 g/mol. The van der Waals surface area contributed by atoms with Gasteiger partial charge in [0.1, 0.15) is 0 Å². The topological polar surface area (TPSA) is 67.2 Å². The van der Waals surface area contributed by atoms with Crippen molar-refractivity contribution in [2.75, 3.05) is 11.4 Å². The standard InChI is InChI=1S/C13H14N4O2.C2H6.H2/c1-8-3-4-9-10(7-8)16(2)15-12(9)17-6-5-11(18)14-13(17)19;1-2;/h3-4,7H,5-6H2,1-2H3,(H,14,18,19);1-2H3;1H. The Morgan fingerprint density at radius 1 is 1.29 bits per heavy atom. The summed E-state index contributed by atoms with van der Waals surface area (Å²) in [6.07, 6.45) is 0.301. The summed E-state index contributed by atoms with van der Waals surface area (Å²) in [5, 5.41) is 7.63. The molecule has 2 aromatic rings. The molecule has 1 aromatic carbocycles. The molecule has 0 atom stereocenters. The molecule has 1 aliphatic rings. The van der Waals surface area contributed by atoms with Gasteiger partial charge in [-0.2, -0.15) is 5.10 Å². The highest BCUT2D eigenvalue weighted by Gasteiger charge is 2.27. The number of anilines is 1. The highest BCUT2D eigenvalue weighted by molar-refractivity contribution is 6.08. The first kappa shape index (κ1) is 15.0. The molecule has 114 valence electrons. The maximum Gasteiger partial charge on any atom is 0.329 e. The summed E-state index contributed by atoms with van der Waals surface area (Å²) in [5.41, 5.74) is 2.11. The van der Waals surface area contributed by atoms with Gasteiger partial charge in [-0.05, 0) is 24.6 Å². The number of rotatable bonds is 1. The van der Waals surface area contributed by atoms with Crippen molar-refractivity contribution in [2.24, 2.45) is 7.05 Å². The highest BCUT2D eigenvalue weighted by atomic mass is 16.2. The zero-order chi connectivity index (χ0) is 15.6. The Kier molecular flexibility index (Phi) is 4.26. The summed E-state index contributed by atoms with van der Waals surface area (Å²) >= 11 is 0. The maximum absolute atomic E-state index is 11.9. The van der Waals surface area contributed by atoms with Crippen molar-refractivity contribution in [3.8, 4) is 0 Å². The monoisotopic (exact) mass is 290 g/mol. The SMILES string of the molecule is CC.Cc1ccc2c(N3CCC(=O)NC3=O)nn(C)c2c1.[HH]. The molecule has 21 heavy (non-hydrogen) atoms. The number of imide groups is 1. The number of hydrogen-bond donors (Lipinski definition) is 1.